The second kappa shape index (κ2) is 6.95. The Morgan fingerprint density at radius 2 is 1.54 bits per heavy atom. The van der Waals surface area contributed by atoms with Crippen molar-refractivity contribution in [2.75, 3.05) is 12.4 Å². The zero-order chi connectivity index (χ0) is 17.9. The van der Waals surface area contributed by atoms with Crippen molar-refractivity contribution in [3.05, 3.63) is 58.7 Å². The molecule has 128 valence electrons. The summed E-state index contributed by atoms with van der Waals surface area (Å²) in [6, 6.07) is 11.6. The molecule has 4 heteroatoms. The summed E-state index contributed by atoms with van der Waals surface area (Å²) in [5.74, 6) is 0.796. The van der Waals surface area contributed by atoms with E-state index in [0.717, 1.165) is 28.1 Å². The molecule has 0 fully saturated rings. The third kappa shape index (κ3) is 4.07. The van der Waals surface area contributed by atoms with Gasteiger partial charge < -0.3 is 15.4 Å². The lowest BCUT2D eigenvalue weighted by Gasteiger charge is -2.27. The number of hydrogen-bond acceptors (Lipinski definition) is 2. The highest BCUT2D eigenvalue weighted by Gasteiger charge is 2.23. The predicted octanol–water partition coefficient (Wildman–Crippen LogP) is 4.68. The van der Waals surface area contributed by atoms with Crippen molar-refractivity contribution in [3.8, 4) is 5.75 Å². The highest BCUT2D eigenvalue weighted by molar-refractivity contribution is 5.91. The molecule has 2 aromatic rings. The molecule has 0 heterocycles. The van der Waals surface area contributed by atoms with Crippen LogP contribution in [0.5, 0.6) is 5.75 Å². The maximum atomic E-state index is 12.5. The lowest BCUT2D eigenvalue weighted by atomic mass is 9.94. The minimum atomic E-state index is -0.497. The third-order valence-electron chi connectivity index (χ3n) is 4.15. The Morgan fingerprint density at radius 1 is 1.00 bits per heavy atom. The largest absolute Gasteiger partial charge is 0.497 e. The Morgan fingerprint density at radius 3 is 2.04 bits per heavy atom. The number of methoxy groups -OCH3 is 1. The van der Waals surface area contributed by atoms with E-state index < -0.39 is 5.54 Å². The van der Waals surface area contributed by atoms with Crippen LogP contribution >= 0.6 is 0 Å². The summed E-state index contributed by atoms with van der Waals surface area (Å²) in [5.41, 5.74) is 4.69. The first-order valence-corrected chi connectivity index (χ1v) is 8.04. The van der Waals surface area contributed by atoms with Gasteiger partial charge >= 0.3 is 6.03 Å². The maximum Gasteiger partial charge on any atom is 0.319 e. The van der Waals surface area contributed by atoms with E-state index in [1.54, 1.807) is 7.11 Å². The Hall–Kier alpha value is -2.49. The van der Waals surface area contributed by atoms with Gasteiger partial charge in [-0.2, -0.15) is 0 Å². The van der Waals surface area contributed by atoms with Crippen molar-refractivity contribution >= 4 is 11.7 Å². The van der Waals surface area contributed by atoms with Crippen LogP contribution in [0.3, 0.4) is 0 Å². The zero-order valence-corrected chi connectivity index (χ0v) is 15.3. The normalized spacial score (nSPS) is 11.1. The molecule has 0 saturated carbocycles. The number of ether oxygens (including phenoxy) is 1. The van der Waals surface area contributed by atoms with Crippen LogP contribution in [0.15, 0.2) is 36.4 Å². The highest BCUT2D eigenvalue weighted by atomic mass is 16.5. The highest BCUT2D eigenvalue weighted by Crippen LogP contribution is 2.25. The fourth-order valence-electron chi connectivity index (χ4n) is 2.89. The van der Waals surface area contributed by atoms with Gasteiger partial charge in [0.2, 0.25) is 0 Å². The van der Waals surface area contributed by atoms with E-state index in [-0.39, 0.29) is 6.03 Å². The number of benzene rings is 2. The molecule has 0 saturated heterocycles. The average molecular weight is 326 g/mol. The van der Waals surface area contributed by atoms with E-state index in [4.69, 9.17) is 4.74 Å². The van der Waals surface area contributed by atoms with Crippen LogP contribution in [0.25, 0.3) is 0 Å². The van der Waals surface area contributed by atoms with Crippen LogP contribution in [-0.4, -0.2) is 13.1 Å². The fraction of sp³-hybridized carbons (Fsp3) is 0.350. The number of amides is 2. The number of hydrogen-bond donors (Lipinski definition) is 2. The number of aryl methyl sites for hydroxylation is 3. The van der Waals surface area contributed by atoms with Crippen LogP contribution in [-0.2, 0) is 5.54 Å². The molecule has 0 aliphatic heterocycles. The topological polar surface area (TPSA) is 50.4 Å². The van der Waals surface area contributed by atoms with E-state index >= 15 is 0 Å². The van der Waals surface area contributed by atoms with Crippen molar-refractivity contribution < 1.29 is 9.53 Å². The molecule has 2 aromatic carbocycles. The molecule has 0 atom stereocenters. The Balaban J connectivity index is 2.13. The Bertz CT molecular complexity index is 711. The van der Waals surface area contributed by atoms with Gasteiger partial charge in [0, 0.05) is 5.69 Å². The van der Waals surface area contributed by atoms with Crippen LogP contribution in [0, 0.1) is 20.8 Å². The van der Waals surface area contributed by atoms with Crippen LogP contribution in [0.4, 0.5) is 10.5 Å². The van der Waals surface area contributed by atoms with Crippen molar-refractivity contribution in [3.63, 3.8) is 0 Å². The van der Waals surface area contributed by atoms with Crippen molar-refractivity contribution in [2.24, 2.45) is 0 Å². The first-order valence-electron chi connectivity index (χ1n) is 8.04. The van der Waals surface area contributed by atoms with Crippen LogP contribution in [0.1, 0.15) is 36.1 Å². The SMILES string of the molecule is COc1ccc(C(C)(C)NC(=O)Nc2c(C)cc(C)cc2C)cc1. The van der Waals surface area contributed by atoms with E-state index in [0.29, 0.717) is 0 Å². The van der Waals surface area contributed by atoms with Crippen molar-refractivity contribution in [2.45, 2.75) is 40.2 Å². The van der Waals surface area contributed by atoms with Gasteiger partial charge in [0.1, 0.15) is 5.75 Å². The van der Waals surface area contributed by atoms with Crippen molar-refractivity contribution in [1.29, 1.82) is 0 Å². The number of nitrogens with one attached hydrogen (secondary N) is 2. The quantitative estimate of drug-likeness (QED) is 0.857. The van der Waals surface area contributed by atoms with E-state index in [9.17, 15) is 4.79 Å². The van der Waals surface area contributed by atoms with E-state index in [2.05, 4.69) is 29.7 Å². The van der Waals surface area contributed by atoms with E-state index in [1.807, 2.05) is 52.0 Å². The first-order chi connectivity index (χ1) is 11.2. The molecular weight excluding hydrogens is 300 g/mol. The molecule has 0 aromatic heterocycles. The minimum Gasteiger partial charge on any atom is -0.497 e. The Labute approximate surface area is 144 Å². The summed E-state index contributed by atoms with van der Waals surface area (Å²) >= 11 is 0. The fourth-order valence-corrected chi connectivity index (χ4v) is 2.89. The molecule has 24 heavy (non-hydrogen) atoms. The maximum absolute atomic E-state index is 12.5. The summed E-state index contributed by atoms with van der Waals surface area (Å²) in [6.45, 7) is 10.0. The van der Waals surface area contributed by atoms with Crippen molar-refractivity contribution in [1.82, 2.24) is 5.32 Å². The number of carbonyl (C=O) groups is 1. The third-order valence-corrected chi connectivity index (χ3v) is 4.15. The monoisotopic (exact) mass is 326 g/mol. The van der Waals surface area contributed by atoms with Crippen LogP contribution < -0.4 is 15.4 Å². The lowest BCUT2D eigenvalue weighted by Crippen LogP contribution is -2.43. The molecule has 2 amide bonds. The summed E-state index contributed by atoms with van der Waals surface area (Å²) in [4.78, 5) is 12.5. The predicted molar refractivity (Wildman–Crippen MR) is 98.8 cm³/mol. The van der Waals surface area contributed by atoms with E-state index in [1.165, 1.54) is 5.56 Å². The smallest absolute Gasteiger partial charge is 0.319 e. The zero-order valence-electron chi connectivity index (χ0n) is 15.3. The van der Waals surface area contributed by atoms with Gasteiger partial charge in [0.15, 0.2) is 0 Å². The molecule has 2 N–H and O–H groups in total. The molecule has 0 unspecified atom stereocenters. The molecular formula is C20H26N2O2. The number of urea groups is 1. The molecule has 0 aliphatic rings. The van der Waals surface area contributed by atoms with Gasteiger partial charge in [0.05, 0.1) is 12.6 Å². The second-order valence-electron chi connectivity index (χ2n) is 6.71. The summed E-state index contributed by atoms with van der Waals surface area (Å²) in [6.07, 6.45) is 0. The molecule has 4 nitrogen and oxygen atoms in total. The number of rotatable bonds is 4. The number of carbonyl (C=O) groups excluding carboxylic acids is 1. The summed E-state index contributed by atoms with van der Waals surface area (Å²) < 4.78 is 5.18. The minimum absolute atomic E-state index is 0.217. The lowest BCUT2D eigenvalue weighted by molar-refractivity contribution is 0.242. The van der Waals surface area contributed by atoms with Gasteiger partial charge in [-0.05, 0) is 63.4 Å². The summed E-state index contributed by atoms with van der Waals surface area (Å²) in [7, 11) is 1.64. The van der Waals surface area contributed by atoms with Gasteiger partial charge in [0.25, 0.3) is 0 Å². The number of anilines is 1. The second-order valence-corrected chi connectivity index (χ2v) is 6.71. The Kier molecular flexibility index (Phi) is 5.17. The molecule has 0 bridgehead atoms. The molecule has 2 rings (SSSR count). The van der Waals surface area contributed by atoms with Gasteiger partial charge in [-0.3, -0.25) is 0 Å². The van der Waals surface area contributed by atoms with Gasteiger partial charge in [-0.25, -0.2) is 4.79 Å². The average Bonchev–Trinajstić information content (AvgIpc) is 2.50. The standard InChI is InChI=1S/C20H26N2O2/c1-13-11-14(2)18(15(3)12-13)21-19(23)22-20(4,5)16-7-9-17(24-6)10-8-16/h7-12H,1-6H3,(H2,21,22,23). The first kappa shape index (κ1) is 17.9. The van der Waals surface area contributed by atoms with Crippen LogP contribution in [0.2, 0.25) is 0 Å². The molecule has 0 radical (unpaired) electrons. The molecule has 0 spiro atoms. The van der Waals surface area contributed by atoms with Gasteiger partial charge in [-0.15, -0.1) is 0 Å². The summed E-state index contributed by atoms with van der Waals surface area (Å²) in [5, 5.41) is 6.02. The molecule has 0 aliphatic carbocycles. The van der Waals surface area contributed by atoms with Gasteiger partial charge in [-0.1, -0.05) is 29.8 Å².